The lowest BCUT2D eigenvalue weighted by Gasteiger charge is -2.16. The third kappa shape index (κ3) is 5.50. The highest BCUT2D eigenvalue weighted by molar-refractivity contribution is 5.75. The van der Waals surface area contributed by atoms with Crippen LogP contribution in [-0.4, -0.2) is 30.4 Å². The number of hydrogen-bond donors (Lipinski definition) is 2. The summed E-state index contributed by atoms with van der Waals surface area (Å²) in [6, 6.07) is 4.51. The van der Waals surface area contributed by atoms with Crippen LogP contribution in [0.25, 0.3) is 0 Å². The Morgan fingerprint density at radius 2 is 1.71 bits per heavy atom. The average Bonchev–Trinajstić information content (AvgIpc) is 2.40. The maximum atomic E-state index is 11.4. The molecule has 1 atom stereocenters. The van der Waals surface area contributed by atoms with Gasteiger partial charge in [0.1, 0.15) is 0 Å². The van der Waals surface area contributed by atoms with Gasteiger partial charge in [0.2, 0.25) is 0 Å². The molecule has 1 aromatic carbocycles. The Bertz CT molecular complexity index is 500. The van der Waals surface area contributed by atoms with Crippen molar-refractivity contribution in [2.75, 3.05) is 13.2 Å². The van der Waals surface area contributed by atoms with Gasteiger partial charge >= 0.3 is 11.9 Å². The summed E-state index contributed by atoms with van der Waals surface area (Å²) in [6.45, 7) is 3.88. The second-order valence-electron chi connectivity index (χ2n) is 4.26. The molecule has 21 heavy (non-hydrogen) atoms. The standard InChI is InChI=1S/C14H19NO6/c1-3-20-13(16)8-10-5-6-11(9-14(17)21-4-2)12(7-10)15(18)19/h5-7,15,18H,3-4,8-9H2,1-2H3. The number of carbonyl (C=O) groups is 2. The molecule has 0 aromatic heterocycles. The average molecular weight is 297 g/mol. The van der Waals surface area contributed by atoms with Gasteiger partial charge in [0, 0.05) is 11.6 Å². The summed E-state index contributed by atoms with van der Waals surface area (Å²) in [5, 5.41) is 19.3. The Labute approximate surface area is 122 Å². The van der Waals surface area contributed by atoms with Crippen molar-refractivity contribution in [2.24, 2.45) is 0 Å². The number of quaternary nitrogens is 1. The van der Waals surface area contributed by atoms with E-state index in [0.29, 0.717) is 11.1 Å². The molecule has 0 radical (unpaired) electrons. The molecular formula is C14H19NO6. The Kier molecular flexibility index (Phi) is 6.80. The van der Waals surface area contributed by atoms with Crippen molar-refractivity contribution in [1.29, 1.82) is 0 Å². The van der Waals surface area contributed by atoms with Crippen molar-refractivity contribution < 1.29 is 29.5 Å². The first-order valence-electron chi connectivity index (χ1n) is 6.64. The third-order valence-corrected chi connectivity index (χ3v) is 2.70. The summed E-state index contributed by atoms with van der Waals surface area (Å²) >= 11 is 0. The largest absolute Gasteiger partial charge is 0.595 e. The number of ether oxygens (including phenoxy) is 2. The predicted molar refractivity (Wildman–Crippen MR) is 72.9 cm³/mol. The maximum absolute atomic E-state index is 11.4. The summed E-state index contributed by atoms with van der Waals surface area (Å²) < 4.78 is 9.61. The van der Waals surface area contributed by atoms with Crippen LogP contribution < -0.4 is 5.23 Å². The quantitative estimate of drug-likeness (QED) is 0.554. The second kappa shape index (κ2) is 8.35. The molecule has 0 spiro atoms. The van der Waals surface area contributed by atoms with E-state index in [9.17, 15) is 20.0 Å². The number of rotatable bonds is 7. The molecule has 116 valence electrons. The molecule has 0 bridgehead atoms. The van der Waals surface area contributed by atoms with E-state index < -0.39 is 17.2 Å². The highest BCUT2D eigenvalue weighted by atomic mass is 16.8. The van der Waals surface area contributed by atoms with Gasteiger partial charge in [-0.25, -0.2) is 5.21 Å². The number of benzene rings is 1. The lowest BCUT2D eigenvalue weighted by Crippen LogP contribution is -2.99. The van der Waals surface area contributed by atoms with E-state index in [1.54, 1.807) is 19.9 Å². The molecule has 0 saturated heterocycles. The zero-order valence-electron chi connectivity index (χ0n) is 12.0. The molecule has 0 amide bonds. The minimum Gasteiger partial charge on any atom is -0.595 e. The van der Waals surface area contributed by atoms with Crippen molar-refractivity contribution in [2.45, 2.75) is 26.7 Å². The van der Waals surface area contributed by atoms with Gasteiger partial charge in [-0.15, -0.1) is 0 Å². The second-order valence-corrected chi connectivity index (χ2v) is 4.26. The molecule has 7 heteroatoms. The minimum absolute atomic E-state index is 0.00614. The first kappa shape index (κ1) is 17.1. The molecule has 1 aromatic rings. The van der Waals surface area contributed by atoms with Gasteiger partial charge < -0.3 is 14.7 Å². The number of carbonyl (C=O) groups excluding carboxylic acids is 2. The molecule has 0 aliphatic carbocycles. The van der Waals surface area contributed by atoms with E-state index in [4.69, 9.17) is 9.47 Å². The fourth-order valence-corrected chi connectivity index (χ4v) is 1.83. The van der Waals surface area contributed by atoms with Crippen molar-refractivity contribution in [3.05, 3.63) is 34.5 Å². The topological polar surface area (TPSA) is 100 Å². The van der Waals surface area contributed by atoms with Crippen LogP contribution in [-0.2, 0) is 31.9 Å². The summed E-state index contributed by atoms with van der Waals surface area (Å²) in [6.07, 6.45) is -0.122. The van der Waals surface area contributed by atoms with Crippen molar-refractivity contribution in [1.82, 2.24) is 0 Å². The highest BCUT2D eigenvalue weighted by Gasteiger charge is 2.16. The summed E-state index contributed by atoms with van der Waals surface area (Å²) in [7, 11) is 0. The van der Waals surface area contributed by atoms with Gasteiger partial charge in [0.15, 0.2) is 5.69 Å². The van der Waals surface area contributed by atoms with E-state index in [0.717, 1.165) is 0 Å². The molecule has 0 saturated carbocycles. The molecular weight excluding hydrogens is 278 g/mol. The smallest absolute Gasteiger partial charge is 0.310 e. The number of esters is 2. The van der Waals surface area contributed by atoms with Gasteiger partial charge in [-0.1, -0.05) is 12.1 Å². The molecule has 7 nitrogen and oxygen atoms in total. The van der Waals surface area contributed by atoms with Gasteiger partial charge in [-0.3, -0.25) is 9.59 Å². The molecule has 1 unspecified atom stereocenters. The molecule has 0 aliphatic heterocycles. The van der Waals surface area contributed by atoms with Crippen LogP contribution in [0.15, 0.2) is 18.2 Å². The summed E-state index contributed by atoms with van der Waals surface area (Å²) in [4.78, 5) is 22.8. The molecule has 1 rings (SSSR count). The lowest BCUT2D eigenvalue weighted by molar-refractivity contribution is -0.991. The van der Waals surface area contributed by atoms with Crippen LogP contribution in [0.3, 0.4) is 0 Å². The Hall–Kier alpha value is -1.96. The van der Waals surface area contributed by atoms with E-state index in [1.807, 2.05) is 0 Å². The molecule has 0 heterocycles. The monoisotopic (exact) mass is 297 g/mol. The first-order chi connectivity index (χ1) is 9.97. The lowest BCUT2D eigenvalue weighted by atomic mass is 10.0. The van der Waals surface area contributed by atoms with E-state index >= 15 is 0 Å². The zero-order chi connectivity index (χ0) is 15.8. The van der Waals surface area contributed by atoms with Crippen LogP contribution in [0, 0.1) is 5.21 Å². The Morgan fingerprint density at radius 1 is 1.14 bits per heavy atom. The van der Waals surface area contributed by atoms with Crippen molar-refractivity contribution in [3.8, 4) is 0 Å². The SMILES string of the molecule is CCOC(=O)Cc1ccc(CC(=O)OCC)c([NH+]([O-])O)c1. The first-order valence-corrected chi connectivity index (χ1v) is 6.64. The van der Waals surface area contributed by atoms with Crippen LogP contribution in [0.2, 0.25) is 0 Å². The normalized spacial score (nSPS) is 11.8. The fraction of sp³-hybridized carbons (Fsp3) is 0.429. The van der Waals surface area contributed by atoms with Gasteiger partial charge in [0.25, 0.3) is 0 Å². The Morgan fingerprint density at radius 3 is 2.24 bits per heavy atom. The predicted octanol–water partition coefficient (Wildman–Crippen LogP) is 0.301. The van der Waals surface area contributed by atoms with E-state index in [1.165, 1.54) is 12.1 Å². The molecule has 0 fully saturated rings. The summed E-state index contributed by atoms with van der Waals surface area (Å²) in [5.74, 6) is -0.912. The van der Waals surface area contributed by atoms with Crippen LogP contribution in [0.5, 0.6) is 0 Å². The zero-order valence-corrected chi connectivity index (χ0v) is 12.0. The molecule has 2 N–H and O–H groups in total. The maximum Gasteiger partial charge on any atom is 0.310 e. The third-order valence-electron chi connectivity index (χ3n) is 2.70. The van der Waals surface area contributed by atoms with Crippen LogP contribution in [0.4, 0.5) is 5.69 Å². The molecule has 0 aliphatic rings. The van der Waals surface area contributed by atoms with Crippen molar-refractivity contribution in [3.63, 3.8) is 0 Å². The van der Waals surface area contributed by atoms with Crippen LogP contribution >= 0.6 is 0 Å². The van der Waals surface area contributed by atoms with Crippen LogP contribution in [0.1, 0.15) is 25.0 Å². The number of hydrogen-bond acceptors (Lipinski definition) is 6. The van der Waals surface area contributed by atoms with Gasteiger partial charge in [-0.05, 0) is 19.4 Å². The Balaban J connectivity index is 2.91. The number of nitrogens with one attached hydrogen (secondary N) is 1. The fourth-order valence-electron chi connectivity index (χ4n) is 1.83. The minimum atomic E-state index is -1.15. The highest BCUT2D eigenvalue weighted by Crippen LogP contribution is 2.16. The van der Waals surface area contributed by atoms with Crippen molar-refractivity contribution >= 4 is 17.6 Å². The van der Waals surface area contributed by atoms with Gasteiger partial charge in [-0.2, -0.15) is 5.23 Å². The summed E-state index contributed by atoms with van der Waals surface area (Å²) in [5.41, 5.74) is 0.872. The van der Waals surface area contributed by atoms with Gasteiger partial charge in [0.05, 0.1) is 26.1 Å². The van der Waals surface area contributed by atoms with E-state index in [2.05, 4.69) is 0 Å². The van der Waals surface area contributed by atoms with E-state index in [-0.39, 0.29) is 31.7 Å².